The Balaban J connectivity index is 3.37. The van der Waals surface area contributed by atoms with E-state index < -0.39 is 12.1 Å². The molecule has 0 fully saturated rings. The summed E-state index contributed by atoms with van der Waals surface area (Å²) in [6.45, 7) is 4.96. The van der Waals surface area contributed by atoms with Crippen LogP contribution in [0.5, 0.6) is 0 Å². The first-order valence-electron chi connectivity index (χ1n) is 29.4. The minimum atomic E-state index is -0.664. The van der Waals surface area contributed by atoms with Gasteiger partial charge in [-0.25, -0.2) is 0 Å². The highest BCUT2D eigenvalue weighted by atomic mass is 16.5. The Labute approximate surface area is 406 Å². The Morgan fingerprint density at radius 3 is 1.09 bits per heavy atom. The van der Waals surface area contributed by atoms with Crippen molar-refractivity contribution in [2.24, 2.45) is 0 Å². The molecule has 1 amide bonds. The molecule has 0 aromatic heterocycles. The van der Waals surface area contributed by atoms with Crippen LogP contribution >= 0.6 is 0 Å². The van der Waals surface area contributed by atoms with E-state index in [4.69, 9.17) is 4.74 Å². The molecule has 6 heteroatoms. The van der Waals surface area contributed by atoms with Gasteiger partial charge in [-0.2, -0.15) is 0 Å². The summed E-state index contributed by atoms with van der Waals surface area (Å²) >= 11 is 0. The van der Waals surface area contributed by atoms with E-state index in [1.54, 1.807) is 0 Å². The lowest BCUT2D eigenvalue weighted by atomic mass is 10.0. The maximum Gasteiger partial charge on any atom is 0.305 e. The van der Waals surface area contributed by atoms with Gasteiger partial charge in [-0.3, -0.25) is 9.59 Å². The molecule has 65 heavy (non-hydrogen) atoms. The first-order valence-corrected chi connectivity index (χ1v) is 29.4. The third-order valence-corrected chi connectivity index (χ3v) is 13.8. The predicted octanol–water partition coefficient (Wildman–Crippen LogP) is 18.1. The van der Waals surface area contributed by atoms with Crippen LogP contribution in [0.25, 0.3) is 0 Å². The van der Waals surface area contributed by atoms with Crippen molar-refractivity contribution in [1.29, 1.82) is 0 Å². The van der Waals surface area contributed by atoms with Crippen molar-refractivity contribution in [3.8, 4) is 0 Å². The highest BCUT2D eigenvalue weighted by Gasteiger charge is 2.20. The fourth-order valence-electron chi connectivity index (χ4n) is 9.28. The van der Waals surface area contributed by atoms with Crippen LogP contribution in [0, 0.1) is 0 Å². The lowest BCUT2D eigenvalue weighted by Crippen LogP contribution is -2.45. The molecule has 0 aliphatic heterocycles. The Kier molecular flexibility index (Phi) is 54.0. The number of unbranched alkanes of at least 4 members (excludes halogenated alkanes) is 42. The number of carbonyl (C=O) groups excluding carboxylic acids is 2. The van der Waals surface area contributed by atoms with Crippen molar-refractivity contribution in [2.45, 2.75) is 341 Å². The average molecular weight is 919 g/mol. The van der Waals surface area contributed by atoms with E-state index in [2.05, 4.69) is 31.3 Å². The average Bonchev–Trinajstić information content (AvgIpc) is 3.31. The Morgan fingerprint density at radius 2 is 0.723 bits per heavy atom. The summed E-state index contributed by atoms with van der Waals surface area (Å²) in [5.41, 5.74) is 0. The fourth-order valence-corrected chi connectivity index (χ4v) is 9.28. The molecular formula is C59H115NO5. The van der Waals surface area contributed by atoms with Crippen LogP contribution in [0.1, 0.15) is 328 Å². The maximum absolute atomic E-state index is 12.4. The summed E-state index contributed by atoms with van der Waals surface area (Å²) in [6.07, 6.45) is 65.0. The Morgan fingerprint density at radius 1 is 0.415 bits per heavy atom. The van der Waals surface area contributed by atoms with Gasteiger partial charge in [0.25, 0.3) is 0 Å². The van der Waals surface area contributed by atoms with E-state index in [0.717, 1.165) is 38.5 Å². The number of aliphatic hydroxyl groups excluding tert-OH is 2. The molecule has 3 N–H and O–H groups in total. The number of rotatable bonds is 55. The van der Waals surface area contributed by atoms with Crippen molar-refractivity contribution in [3.63, 3.8) is 0 Å². The molecule has 6 nitrogen and oxygen atoms in total. The van der Waals surface area contributed by atoms with Crippen LogP contribution in [0.15, 0.2) is 12.2 Å². The summed E-state index contributed by atoms with van der Waals surface area (Å²) < 4.78 is 5.48. The van der Waals surface area contributed by atoms with Crippen LogP contribution in [-0.4, -0.2) is 47.4 Å². The molecule has 0 aliphatic rings. The molecule has 0 radical (unpaired) electrons. The van der Waals surface area contributed by atoms with E-state index in [-0.39, 0.29) is 18.5 Å². The van der Waals surface area contributed by atoms with Crippen LogP contribution < -0.4 is 5.32 Å². The number of hydrogen-bond donors (Lipinski definition) is 3. The first-order chi connectivity index (χ1) is 32.0. The van der Waals surface area contributed by atoms with Gasteiger partial charge in [0, 0.05) is 12.8 Å². The smallest absolute Gasteiger partial charge is 0.305 e. The zero-order valence-corrected chi connectivity index (χ0v) is 44.0. The fraction of sp³-hybridized carbons (Fsp3) is 0.932. The van der Waals surface area contributed by atoms with Crippen LogP contribution in [-0.2, 0) is 14.3 Å². The Bertz CT molecular complexity index is 970. The second-order valence-electron chi connectivity index (χ2n) is 20.3. The SMILES string of the molecule is CCCCCCCCCCCCCCCC(=O)OCCCCCCCCCCCCCC/C=C\CCCCCCCCCCC(=O)NC(CO)C(O)CCCCCCCCCCCCC. The second-order valence-corrected chi connectivity index (χ2v) is 20.3. The molecule has 0 spiro atoms. The quantitative estimate of drug-likeness (QED) is 0.0321. The molecule has 0 bridgehead atoms. The van der Waals surface area contributed by atoms with Gasteiger partial charge in [0.1, 0.15) is 0 Å². The van der Waals surface area contributed by atoms with Crippen molar-refractivity contribution in [3.05, 3.63) is 12.2 Å². The lowest BCUT2D eigenvalue weighted by Gasteiger charge is -2.22. The summed E-state index contributed by atoms with van der Waals surface area (Å²) in [4.78, 5) is 24.5. The predicted molar refractivity (Wildman–Crippen MR) is 283 cm³/mol. The van der Waals surface area contributed by atoms with Crippen LogP contribution in [0.3, 0.4) is 0 Å². The van der Waals surface area contributed by atoms with Crippen LogP contribution in [0.4, 0.5) is 0 Å². The molecule has 386 valence electrons. The zero-order valence-electron chi connectivity index (χ0n) is 44.0. The first kappa shape index (κ1) is 63.6. The maximum atomic E-state index is 12.4. The van der Waals surface area contributed by atoms with Gasteiger partial charge in [-0.05, 0) is 51.4 Å². The molecule has 0 heterocycles. The number of ether oxygens (including phenoxy) is 1. The Hall–Kier alpha value is -1.40. The van der Waals surface area contributed by atoms with Crippen molar-refractivity contribution in [2.75, 3.05) is 13.2 Å². The highest BCUT2D eigenvalue weighted by Crippen LogP contribution is 2.17. The van der Waals surface area contributed by atoms with Crippen LogP contribution in [0.2, 0.25) is 0 Å². The largest absolute Gasteiger partial charge is 0.466 e. The van der Waals surface area contributed by atoms with Gasteiger partial charge < -0.3 is 20.3 Å². The number of carbonyl (C=O) groups is 2. The third kappa shape index (κ3) is 51.8. The second kappa shape index (κ2) is 55.2. The van der Waals surface area contributed by atoms with E-state index in [9.17, 15) is 19.8 Å². The molecule has 0 aliphatic carbocycles. The normalized spacial score (nSPS) is 12.6. The molecule has 0 aromatic rings. The number of hydrogen-bond acceptors (Lipinski definition) is 5. The minimum absolute atomic E-state index is 0.0144. The van der Waals surface area contributed by atoms with Gasteiger partial charge in [0.05, 0.1) is 25.4 Å². The van der Waals surface area contributed by atoms with Gasteiger partial charge in [0.2, 0.25) is 5.91 Å². The van der Waals surface area contributed by atoms with Gasteiger partial charge >= 0.3 is 5.97 Å². The number of allylic oxidation sites excluding steroid dienone is 2. The van der Waals surface area contributed by atoms with Crippen molar-refractivity contribution < 1.29 is 24.5 Å². The molecular weight excluding hydrogens is 803 g/mol. The van der Waals surface area contributed by atoms with E-state index in [1.165, 1.54) is 257 Å². The summed E-state index contributed by atoms with van der Waals surface area (Å²) in [5, 5.41) is 23.2. The number of amides is 1. The van der Waals surface area contributed by atoms with E-state index >= 15 is 0 Å². The number of aliphatic hydroxyl groups is 2. The zero-order chi connectivity index (χ0) is 47.2. The molecule has 0 saturated carbocycles. The van der Waals surface area contributed by atoms with Gasteiger partial charge in [-0.15, -0.1) is 0 Å². The van der Waals surface area contributed by atoms with Crippen molar-refractivity contribution in [1.82, 2.24) is 5.32 Å². The summed E-state index contributed by atoms with van der Waals surface area (Å²) in [7, 11) is 0. The molecule has 0 rings (SSSR count). The highest BCUT2D eigenvalue weighted by molar-refractivity contribution is 5.76. The molecule has 0 aromatic carbocycles. The molecule has 2 unspecified atom stereocenters. The molecule has 0 saturated heterocycles. The minimum Gasteiger partial charge on any atom is -0.466 e. The monoisotopic (exact) mass is 918 g/mol. The third-order valence-electron chi connectivity index (χ3n) is 13.8. The molecule has 2 atom stereocenters. The van der Waals surface area contributed by atoms with Gasteiger partial charge in [-0.1, -0.05) is 276 Å². The van der Waals surface area contributed by atoms with Gasteiger partial charge in [0.15, 0.2) is 0 Å². The van der Waals surface area contributed by atoms with E-state index in [0.29, 0.717) is 25.9 Å². The van der Waals surface area contributed by atoms with E-state index in [1.807, 2.05) is 0 Å². The number of esters is 1. The summed E-state index contributed by atoms with van der Waals surface area (Å²) in [5.74, 6) is -0.0250. The standard InChI is InChI=1S/C59H115NO5/c1-3-5-7-9-11-13-15-28-33-37-41-45-49-53-59(64)65-54-50-46-42-38-34-30-27-25-23-21-19-17-16-18-20-22-24-26-29-32-36-40-44-48-52-58(63)60-56(55-61)57(62)51-47-43-39-35-31-14-12-10-8-6-4-2/h18,20,56-57,61-62H,3-17,19,21-55H2,1-2H3,(H,60,63)/b20-18-. The number of nitrogens with one attached hydrogen (secondary N) is 1. The van der Waals surface area contributed by atoms with Crippen molar-refractivity contribution >= 4 is 11.9 Å². The lowest BCUT2D eigenvalue weighted by molar-refractivity contribution is -0.143. The summed E-state index contributed by atoms with van der Waals surface area (Å²) in [6, 6.07) is -0.542. The topological polar surface area (TPSA) is 95.9 Å².